The van der Waals surface area contributed by atoms with E-state index in [0.29, 0.717) is 12.0 Å². The van der Waals surface area contributed by atoms with Crippen LogP contribution in [0.2, 0.25) is 0 Å². The Kier molecular flexibility index (Phi) is 6.03. The predicted molar refractivity (Wildman–Crippen MR) is 73.0 cm³/mol. The van der Waals surface area contributed by atoms with Gasteiger partial charge in [-0.15, -0.1) is 0 Å². The molecule has 1 aromatic carbocycles. The molecule has 1 atom stereocenters. The van der Waals surface area contributed by atoms with Crippen LogP contribution in [0.15, 0.2) is 28.7 Å². The molecule has 0 aromatic heterocycles. The van der Waals surface area contributed by atoms with Crippen LogP contribution in [0.1, 0.15) is 32.3 Å². The van der Waals surface area contributed by atoms with E-state index in [-0.39, 0.29) is 0 Å². The summed E-state index contributed by atoms with van der Waals surface area (Å²) in [7, 11) is 0. The van der Waals surface area contributed by atoms with Crippen molar-refractivity contribution in [3.63, 3.8) is 0 Å². The fourth-order valence-corrected chi connectivity index (χ4v) is 2.58. The molecule has 1 aromatic rings. The molecule has 1 unspecified atom stereocenters. The third-order valence-electron chi connectivity index (χ3n) is 3.18. The number of nitrogens with two attached hydrogens (primary N) is 1. The average Bonchev–Trinajstić information content (AvgIpc) is 2.29. The van der Waals surface area contributed by atoms with Crippen molar-refractivity contribution in [2.45, 2.75) is 39.2 Å². The molecule has 3 N–H and O–H groups in total. The van der Waals surface area contributed by atoms with E-state index in [4.69, 9.17) is 5.84 Å². The molecule has 16 heavy (non-hydrogen) atoms. The van der Waals surface area contributed by atoms with Crippen molar-refractivity contribution in [1.29, 1.82) is 0 Å². The first kappa shape index (κ1) is 13.7. The summed E-state index contributed by atoms with van der Waals surface area (Å²) in [5, 5.41) is 0. The minimum absolute atomic E-state index is 0.365. The highest BCUT2D eigenvalue weighted by molar-refractivity contribution is 9.10. The number of hydrogen-bond donors (Lipinski definition) is 2. The summed E-state index contributed by atoms with van der Waals surface area (Å²) in [6, 6.07) is 8.79. The largest absolute Gasteiger partial charge is 0.271 e. The van der Waals surface area contributed by atoms with Crippen molar-refractivity contribution in [3.8, 4) is 0 Å². The zero-order valence-corrected chi connectivity index (χ0v) is 11.6. The monoisotopic (exact) mass is 284 g/mol. The normalized spacial score (nSPS) is 13.1. The third kappa shape index (κ3) is 3.89. The van der Waals surface area contributed by atoms with E-state index in [9.17, 15) is 0 Å². The Hall–Kier alpha value is -0.380. The maximum atomic E-state index is 5.65. The Morgan fingerprint density at radius 1 is 1.31 bits per heavy atom. The first-order valence-corrected chi connectivity index (χ1v) is 6.71. The Balaban J connectivity index is 2.69. The Morgan fingerprint density at radius 2 is 2.00 bits per heavy atom. The van der Waals surface area contributed by atoms with E-state index < -0.39 is 0 Å². The van der Waals surface area contributed by atoms with Crippen LogP contribution in [0.5, 0.6) is 0 Å². The second-order valence-electron chi connectivity index (χ2n) is 4.18. The van der Waals surface area contributed by atoms with Gasteiger partial charge in [-0.2, -0.15) is 0 Å². The van der Waals surface area contributed by atoms with Gasteiger partial charge in [0, 0.05) is 10.5 Å². The van der Waals surface area contributed by atoms with Crippen LogP contribution >= 0.6 is 15.9 Å². The highest BCUT2D eigenvalue weighted by Crippen LogP contribution is 2.19. The quantitative estimate of drug-likeness (QED) is 0.622. The van der Waals surface area contributed by atoms with Gasteiger partial charge in [-0.3, -0.25) is 11.3 Å². The molecule has 0 saturated heterocycles. The standard InChI is InChI=1S/C13H21BrN2/c1-3-11(4-2)13(16-15)9-10-6-5-7-12(14)8-10/h5-8,11,13,16H,3-4,9,15H2,1-2H3. The Bertz CT molecular complexity index is 311. The van der Waals surface area contributed by atoms with Gasteiger partial charge in [-0.1, -0.05) is 54.8 Å². The molecule has 0 aliphatic heterocycles. The summed E-state index contributed by atoms with van der Waals surface area (Å²) >= 11 is 3.49. The summed E-state index contributed by atoms with van der Waals surface area (Å²) in [5.41, 5.74) is 4.28. The minimum Gasteiger partial charge on any atom is -0.271 e. The fraction of sp³-hybridized carbons (Fsp3) is 0.538. The summed E-state index contributed by atoms with van der Waals surface area (Å²) < 4.78 is 1.13. The molecule has 0 saturated carbocycles. The SMILES string of the molecule is CCC(CC)C(Cc1cccc(Br)c1)NN. The molecule has 0 spiro atoms. The molecule has 1 rings (SSSR count). The van der Waals surface area contributed by atoms with Crippen LogP contribution in [-0.2, 0) is 6.42 Å². The van der Waals surface area contributed by atoms with E-state index in [2.05, 4.69) is 53.4 Å². The first-order valence-electron chi connectivity index (χ1n) is 5.91. The van der Waals surface area contributed by atoms with Gasteiger partial charge in [0.25, 0.3) is 0 Å². The lowest BCUT2D eigenvalue weighted by molar-refractivity contribution is 0.335. The number of hydrogen-bond acceptors (Lipinski definition) is 2. The van der Waals surface area contributed by atoms with Gasteiger partial charge >= 0.3 is 0 Å². The molecule has 2 nitrogen and oxygen atoms in total. The Labute approximate surface area is 107 Å². The molecule has 0 radical (unpaired) electrons. The highest BCUT2D eigenvalue weighted by Gasteiger charge is 2.17. The highest BCUT2D eigenvalue weighted by atomic mass is 79.9. The molecular formula is C13H21BrN2. The number of hydrazine groups is 1. The lowest BCUT2D eigenvalue weighted by Gasteiger charge is -2.24. The molecular weight excluding hydrogens is 264 g/mol. The van der Waals surface area contributed by atoms with Crippen molar-refractivity contribution in [2.75, 3.05) is 0 Å². The number of rotatable bonds is 6. The molecule has 90 valence electrons. The van der Waals surface area contributed by atoms with E-state index in [0.717, 1.165) is 10.9 Å². The number of nitrogens with one attached hydrogen (secondary N) is 1. The van der Waals surface area contributed by atoms with E-state index in [1.807, 2.05) is 6.07 Å². The molecule has 0 aliphatic carbocycles. The fourth-order valence-electron chi connectivity index (χ4n) is 2.14. The Morgan fingerprint density at radius 3 is 2.50 bits per heavy atom. The zero-order chi connectivity index (χ0) is 12.0. The second kappa shape index (κ2) is 7.05. The predicted octanol–water partition coefficient (Wildman–Crippen LogP) is 3.26. The minimum atomic E-state index is 0.365. The second-order valence-corrected chi connectivity index (χ2v) is 5.10. The summed E-state index contributed by atoms with van der Waals surface area (Å²) in [4.78, 5) is 0. The van der Waals surface area contributed by atoms with Crippen LogP contribution in [0.3, 0.4) is 0 Å². The molecule has 0 heterocycles. The van der Waals surface area contributed by atoms with Crippen LogP contribution in [-0.4, -0.2) is 6.04 Å². The molecule has 0 bridgehead atoms. The number of halogens is 1. The van der Waals surface area contributed by atoms with Crippen LogP contribution < -0.4 is 11.3 Å². The van der Waals surface area contributed by atoms with Crippen molar-refractivity contribution in [3.05, 3.63) is 34.3 Å². The van der Waals surface area contributed by atoms with Crippen molar-refractivity contribution >= 4 is 15.9 Å². The van der Waals surface area contributed by atoms with Crippen molar-refractivity contribution in [2.24, 2.45) is 11.8 Å². The lowest BCUT2D eigenvalue weighted by Crippen LogP contribution is -2.42. The van der Waals surface area contributed by atoms with Gasteiger partial charge in [-0.25, -0.2) is 0 Å². The molecule has 0 aliphatic rings. The van der Waals surface area contributed by atoms with Gasteiger partial charge in [0.2, 0.25) is 0 Å². The smallest absolute Gasteiger partial charge is 0.0278 e. The molecule has 0 fully saturated rings. The van der Waals surface area contributed by atoms with E-state index >= 15 is 0 Å². The van der Waals surface area contributed by atoms with Gasteiger partial charge < -0.3 is 0 Å². The molecule has 3 heteroatoms. The lowest BCUT2D eigenvalue weighted by atomic mass is 9.90. The van der Waals surface area contributed by atoms with Crippen LogP contribution in [0, 0.1) is 5.92 Å². The third-order valence-corrected chi connectivity index (χ3v) is 3.67. The van der Waals surface area contributed by atoms with Crippen molar-refractivity contribution < 1.29 is 0 Å². The van der Waals surface area contributed by atoms with E-state index in [1.54, 1.807) is 0 Å². The summed E-state index contributed by atoms with van der Waals surface area (Å²) in [6.07, 6.45) is 3.32. The first-order chi connectivity index (χ1) is 7.71. The maximum Gasteiger partial charge on any atom is 0.0278 e. The number of benzene rings is 1. The van der Waals surface area contributed by atoms with Gasteiger partial charge in [0.1, 0.15) is 0 Å². The van der Waals surface area contributed by atoms with Gasteiger partial charge in [0.15, 0.2) is 0 Å². The van der Waals surface area contributed by atoms with Crippen LogP contribution in [0.4, 0.5) is 0 Å². The van der Waals surface area contributed by atoms with E-state index in [1.165, 1.54) is 18.4 Å². The summed E-state index contributed by atoms with van der Waals surface area (Å²) in [5.74, 6) is 6.29. The zero-order valence-electron chi connectivity index (χ0n) is 10.0. The average molecular weight is 285 g/mol. The van der Waals surface area contributed by atoms with Gasteiger partial charge in [-0.05, 0) is 30.0 Å². The summed E-state index contributed by atoms with van der Waals surface area (Å²) in [6.45, 7) is 4.44. The van der Waals surface area contributed by atoms with Crippen LogP contribution in [0.25, 0.3) is 0 Å². The topological polar surface area (TPSA) is 38.0 Å². The van der Waals surface area contributed by atoms with Crippen molar-refractivity contribution in [1.82, 2.24) is 5.43 Å². The molecule has 0 amide bonds. The van der Waals surface area contributed by atoms with Gasteiger partial charge in [0.05, 0.1) is 0 Å². The maximum absolute atomic E-state index is 5.65.